The molecule has 0 aromatic heterocycles. The number of nitrogens with zero attached hydrogens (tertiary/aromatic N) is 1. The van der Waals surface area contributed by atoms with Crippen molar-refractivity contribution in [2.45, 2.75) is 39.2 Å². The molecule has 178 valence electrons. The number of halogens is 2. The highest BCUT2D eigenvalue weighted by Gasteiger charge is 2.25. The third kappa shape index (κ3) is 7.73. The third-order valence-corrected chi connectivity index (χ3v) is 7.37. The lowest BCUT2D eigenvalue weighted by atomic mass is 10.1. The molecule has 0 saturated heterocycles. The molecule has 0 saturated carbocycles. The lowest BCUT2D eigenvalue weighted by Crippen LogP contribution is -2.39. The molecule has 0 unspecified atom stereocenters. The predicted octanol–water partition coefficient (Wildman–Crippen LogP) is 5.17. The summed E-state index contributed by atoms with van der Waals surface area (Å²) < 4.78 is 37.9. The lowest BCUT2D eigenvalue weighted by molar-refractivity contribution is 0.354. The molecule has 0 aliphatic rings. The molecule has 0 bridgehead atoms. The van der Waals surface area contributed by atoms with Gasteiger partial charge < -0.3 is 14.8 Å². The quantitative estimate of drug-likeness (QED) is 0.382. The van der Waals surface area contributed by atoms with Crippen LogP contribution in [0.2, 0.25) is 10.0 Å². The lowest BCUT2D eigenvalue weighted by Gasteiger charge is -2.28. The average molecular weight is 503 g/mol. The minimum Gasteiger partial charge on any atom is -0.493 e. The molecular weight excluding hydrogens is 471 g/mol. The Bertz CT molecular complexity index is 964. The Hall–Kier alpha value is -1.67. The molecule has 0 aliphatic carbocycles. The largest absolute Gasteiger partial charge is 0.493 e. The number of nitrogens with one attached hydrogen (secondary N) is 1. The summed E-state index contributed by atoms with van der Waals surface area (Å²) in [6, 6.07) is 10.5. The van der Waals surface area contributed by atoms with E-state index >= 15 is 0 Å². The van der Waals surface area contributed by atoms with E-state index in [0.717, 1.165) is 25.1 Å². The van der Waals surface area contributed by atoms with E-state index in [1.54, 1.807) is 32.4 Å². The van der Waals surface area contributed by atoms with E-state index in [2.05, 4.69) is 5.32 Å². The van der Waals surface area contributed by atoms with E-state index in [-0.39, 0.29) is 11.8 Å². The molecule has 2 rings (SSSR count). The van der Waals surface area contributed by atoms with Gasteiger partial charge in [0.05, 0.1) is 25.7 Å². The Kier molecular flexibility index (Phi) is 10.4. The Morgan fingerprint density at radius 3 is 2.16 bits per heavy atom. The molecule has 0 spiro atoms. The van der Waals surface area contributed by atoms with Gasteiger partial charge in [-0.15, -0.1) is 0 Å². The predicted molar refractivity (Wildman–Crippen MR) is 133 cm³/mol. The van der Waals surface area contributed by atoms with E-state index in [0.29, 0.717) is 34.4 Å². The highest BCUT2D eigenvalue weighted by atomic mass is 35.5. The summed E-state index contributed by atoms with van der Waals surface area (Å²) in [5, 5.41) is 4.14. The highest BCUT2D eigenvalue weighted by molar-refractivity contribution is 7.92. The Labute approximate surface area is 201 Å². The van der Waals surface area contributed by atoms with Gasteiger partial charge in [0.1, 0.15) is 0 Å². The molecule has 2 aromatic rings. The summed E-state index contributed by atoms with van der Waals surface area (Å²) in [6.45, 7) is 5.08. The third-order valence-electron chi connectivity index (χ3n) is 4.89. The van der Waals surface area contributed by atoms with Crippen molar-refractivity contribution >= 4 is 38.9 Å². The molecule has 0 radical (unpaired) electrons. The van der Waals surface area contributed by atoms with Crippen LogP contribution in [0.15, 0.2) is 36.4 Å². The second kappa shape index (κ2) is 12.5. The van der Waals surface area contributed by atoms with Gasteiger partial charge in [0.2, 0.25) is 10.0 Å². The average Bonchev–Trinajstić information content (AvgIpc) is 2.71. The minimum atomic E-state index is -3.51. The summed E-state index contributed by atoms with van der Waals surface area (Å²) >= 11 is 12.1. The maximum Gasteiger partial charge on any atom is 0.235 e. The summed E-state index contributed by atoms with van der Waals surface area (Å²) in [5.41, 5.74) is 1.65. The zero-order chi connectivity index (χ0) is 23.7. The van der Waals surface area contributed by atoms with E-state index in [1.807, 2.05) is 32.0 Å². The summed E-state index contributed by atoms with van der Waals surface area (Å²) in [5.74, 6) is 1.47. The van der Waals surface area contributed by atoms with Crippen LogP contribution < -0.4 is 19.1 Å². The minimum absolute atomic E-state index is 0.0397. The zero-order valence-electron chi connectivity index (χ0n) is 19.0. The van der Waals surface area contributed by atoms with Crippen LogP contribution >= 0.6 is 23.2 Å². The van der Waals surface area contributed by atoms with Crippen LogP contribution in [0.3, 0.4) is 0 Å². The first kappa shape index (κ1) is 26.6. The first-order chi connectivity index (χ1) is 15.2. The van der Waals surface area contributed by atoms with Gasteiger partial charge in [0, 0.05) is 16.1 Å². The van der Waals surface area contributed by atoms with Crippen molar-refractivity contribution in [2.24, 2.45) is 0 Å². The zero-order valence-corrected chi connectivity index (χ0v) is 21.4. The molecule has 0 atom stereocenters. The van der Waals surface area contributed by atoms with Gasteiger partial charge in [-0.05, 0) is 82.1 Å². The number of benzene rings is 2. The van der Waals surface area contributed by atoms with Crippen LogP contribution in [-0.2, 0) is 16.4 Å². The SMILES string of the molecule is COc1ccc(CCCNCCCS(=O)(=O)N(c2cc(Cl)cc(Cl)c2)C(C)C)cc1OC. The molecule has 32 heavy (non-hydrogen) atoms. The van der Waals surface area contributed by atoms with Gasteiger partial charge >= 0.3 is 0 Å². The van der Waals surface area contributed by atoms with Gasteiger partial charge in [0.25, 0.3) is 0 Å². The number of sulfonamides is 1. The smallest absolute Gasteiger partial charge is 0.235 e. The van der Waals surface area contributed by atoms with Gasteiger partial charge in [-0.2, -0.15) is 0 Å². The van der Waals surface area contributed by atoms with E-state index in [1.165, 1.54) is 9.87 Å². The normalized spacial score (nSPS) is 11.6. The first-order valence-electron chi connectivity index (χ1n) is 10.6. The molecular formula is C23H32Cl2N2O4S. The van der Waals surface area contributed by atoms with Crippen LogP contribution in [0, 0.1) is 0 Å². The van der Waals surface area contributed by atoms with Crippen molar-refractivity contribution in [3.05, 3.63) is 52.0 Å². The van der Waals surface area contributed by atoms with Gasteiger partial charge in [-0.1, -0.05) is 29.3 Å². The van der Waals surface area contributed by atoms with Gasteiger partial charge in [-0.25, -0.2) is 8.42 Å². The van der Waals surface area contributed by atoms with Crippen LogP contribution in [-0.4, -0.2) is 47.5 Å². The number of hydrogen-bond acceptors (Lipinski definition) is 5. The van der Waals surface area contributed by atoms with Crippen molar-refractivity contribution in [1.82, 2.24) is 5.32 Å². The topological polar surface area (TPSA) is 67.9 Å². The van der Waals surface area contributed by atoms with Crippen LogP contribution in [0.5, 0.6) is 11.5 Å². The number of ether oxygens (including phenoxy) is 2. The second-order valence-electron chi connectivity index (χ2n) is 7.73. The number of methoxy groups -OCH3 is 2. The van der Waals surface area contributed by atoms with E-state index < -0.39 is 10.0 Å². The van der Waals surface area contributed by atoms with Crippen molar-refractivity contribution in [3.8, 4) is 11.5 Å². The molecule has 0 fully saturated rings. The van der Waals surface area contributed by atoms with E-state index in [4.69, 9.17) is 32.7 Å². The Morgan fingerprint density at radius 2 is 1.56 bits per heavy atom. The molecule has 6 nitrogen and oxygen atoms in total. The molecule has 2 aromatic carbocycles. The summed E-state index contributed by atoms with van der Waals surface area (Å²) in [4.78, 5) is 0. The van der Waals surface area contributed by atoms with Gasteiger partial charge in [-0.3, -0.25) is 4.31 Å². The van der Waals surface area contributed by atoms with Crippen molar-refractivity contribution in [1.29, 1.82) is 0 Å². The summed E-state index contributed by atoms with van der Waals surface area (Å²) in [6.07, 6.45) is 2.33. The van der Waals surface area contributed by atoms with Crippen LogP contribution in [0.25, 0.3) is 0 Å². The molecule has 0 aliphatic heterocycles. The summed E-state index contributed by atoms with van der Waals surface area (Å²) in [7, 11) is -0.267. The highest BCUT2D eigenvalue weighted by Crippen LogP contribution is 2.29. The maximum atomic E-state index is 13.0. The molecule has 0 amide bonds. The van der Waals surface area contributed by atoms with Gasteiger partial charge in [0.15, 0.2) is 11.5 Å². The molecule has 9 heteroatoms. The molecule has 0 heterocycles. The first-order valence-corrected chi connectivity index (χ1v) is 12.9. The van der Waals surface area contributed by atoms with Crippen molar-refractivity contribution < 1.29 is 17.9 Å². The van der Waals surface area contributed by atoms with Crippen molar-refractivity contribution in [3.63, 3.8) is 0 Å². The van der Waals surface area contributed by atoms with Crippen LogP contribution in [0.4, 0.5) is 5.69 Å². The monoisotopic (exact) mass is 502 g/mol. The van der Waals surface area contributed by atoms with Crippen LogP contribution in [0.1, 0.15) is 32.3 Å². The number of aryl methyl sites for hydroxylation is 1. The number of anilines is 1. The Morgan fingerprint density at radius 1 is 0.938 bits per heavy atom. The number of hydrogen-bond donors (Lipinski definition) is 1. The second-order valence-corrected chi connectivity index (χ2v) is 10.6. The number of rotatable bonds is 13. The molecule has 1 N–H and O–H groups in total. The fraction of sp³-hybridized carbons (Fsp3) is 0.478. The fourth-order valence-electron chi connectivity index (χ4n) is 3.50. The fourth-order valence-corrected chi connectivity index (χ4v) is 5.79. The maximum absolute atomic E-state index is 13.0. The Balaban J connectivity index is 1.81. The standard InChI is InChI=1S/C23H32Cl2N2O4S/c1-17(2)27(21-15-19(24)14-20(25)16-21)32(28,29)12-6-11-26-10-5-7-18-8-9-22(30-3)23(13-18)31-4/h8-9,13-17,26H,5-7,10-12H2,1-4H3. The van der Waals surface area contributed by atoms with Crippen molar-refractivity contribution in [2.75, 3.05) is 37.4 Å². The van der Waals surface area contributed by atoms with E-state index in [9.17, 15) is 8.42 Å².